The minimum absolute atomic E-state index is 0.150. The lowest BCUT2D eigenvalue weighted by atomic mass is 10.1. The largest absolute Gasteiger partial charge is 0.370 e. The maximum Gasteiger partial charge on any atom is 0.319 e. The van der Waals surface area contributed by atoms with E-state index < -0.39 is 0 Å². The van der Waals surface area contributed by atoms with Crippen molar-refractivity contribution in [1.29, 1.82) is 0 Å². The van der Waals surface area contributed by atoms with Gasteiger partial charge in [-0.3, -0.25) is 4.79 Å². The van der Waals surface area contributed by atoms with Gasteiger partial charge in [0.05, 0.1) is 10.7 Å². The fourth-order valence-corrected chi connectivity index (χ4v) is 3.49. The molecule has 0 unspecified atom stereocenters. The number of urea groups is 1. The molecule has 2 aromatic rings. The minimum Gasteiger partial charge on any atom is -0.370 e. The van der Waals surface area contributed by atoms with Crippen molar-refractivity contribution in [3.63, 3.8) is 0 Å². The van der Waals surface area contributed by atoms with Gasteiger partial charge in [-0.1, -0.05) is 17.7 Å². The van der Waals surface area contributed by atoms with Crippen LogP contribution < -0.4 is 20.9 Å². The number of carbonyl (C=O) groups is 2. The number of nitrogens with zero attached hydrogens (tertiary/aromatic N) is 2. The van der Waals surface area contributed by atoms with E-state index in [0.717, 1.165) is 24.3 Å². The van der Waals surface area contributed by atoms with Gasteiger partial charge in [0.2, 0.25) is 5.91 Å². The second kappa shape index (κ2) is 10.1. The summed E-state index contributed by atoms with van der Waals surface area (Å²) in [4.78, 5) is 30.4. The highest BCUT2D eigenvalue weighted by Crippen LogP contribution is 2.30. The van der Waals surface area contributed by atoms with E-state index in [1.165, 1.54) is 19.3 Å². The molecule has 1 aliphatic rings. The molecule has 154 valence electrons. The number of rotatable bonds is 6. The number of aromatic nitrogens is 1. The number of benzene rings is 1. The predicted octanol–water partition coefficient (Wildman–Crippen LogP) is 4.18. The Kier molecular flexibility index (Phi) is 7.30. The van der Waals surface area contributed by atoms with Crippen LogP contribution in [0, 0.1) is 6.92 Å². The number of carbonyl (C=O) groups excluding carboxylic acids is 2. The molecular weight excluding hydrogens is 390 g/mol. The predicted molar refractivity (Wildman–Crippen MR) is 117 cm³/mol. The van der Waals surface area contributed by atoms with Gasteiger partial charge >= 0.3 is 6.03 Å². The molecule has 1 aliphatic heterocycles. The molecular formula is C21H26ClN5O2. The number of halogens is 1. The lowest BCUT2D eigenvalue weighted by Gasteiger charge is -2.29. The van der Waals surface area contributed by atoms with Gasteiger partial charge in [0, 0.05) is 37.9 Å². The third-order valence-corrected chi connectivity index (χ3v) is 5.02. The zero-order chi connectivity index (χ0) is 20.6. The van der Waals surface area contributed by atoms with Crippen molar-refractivity contribution >= 4 is 40.7 Å². The molecule has 8 heteroatoms. The number of anilines is 3. The standard InChI is InChI=1S/C21H26ClN5O2/c1-15-5-8-19(24-14-15)26-20(28)9-10-23-21(29)25-16-6-7-18(17(22)13-16)27-11-3-2-4-12-27/h5-8,13-14H,2-4,9-12H2,1H3,(H2,23,25,29)(H,24,26,28). The van der Waals surface area contributed by atoms with Crippen LogP contribution in [0.1, 0.15) is 31.2 Å². The molecule has 0 radical (unpaired) electrons. The normalized spacial score (nSPS) is 13.7. The number of hydrogen-bond donors (Lipinski definition) is 3. The SMILES string of the molecule is Cc1ccc(NC(=O)CCNC(=O)Nc2ccc(N3CCCCC3)c(Cl)c2)nc1. The molecule has 0 saturated carbocycles. The van der Waals surface area contributed by atoms with Crippen molar-refractivity contribution in [1.82, 2.24) is 10.3 Å². The van der Waals surface area contributed by atoms with E-state index >= 15 is 0 Å². The molecule has 0 aliphatic carbocycles. The topological polar surface area (TPSA) is 86.4 Å². The number of hydrogen-bond acceptors (Lipinski definition) is 4. The number of piperidine rings is 1. The van der Waals surface area contributed by atoms with Gasteiger partial charge in [-0.2, -0.15) is 0 Å². The van der Waals surface area contributed by atoms with Gasteiger partial charge in [-0.25, -0.2) is 9.78 Å². The summed E-state index contributed by atoms with van der Waals surface area (Å²) in [5.74, 6) is 0.282. The first kappa shape index (κ1) is 20.9. The maximum atomic E-state index is 12.1. The fraction of sp³-hybridized carbons (Fsp3) is 0.381. The number of amides is 3. The summed E-state index contributed by atoms with van der Waals surface area (Å²) in [6.45, 7) is 4.15. The Bertz CT molecular complexity index is 851. The van der Waals surface area contributed by atoms with Crippen molar-refractivity contribution in [2.75, 3.05) is 35.2 Å². The molecule has 0 spiro atoms. The van der Waals surface area contributed by atoms with Gasteiger partial charge in [-0.05, 0) is 56.0 Å². The van der Waals surface area contributed by atoms with Crippen molar-refractivity contribution in [2.45, 2.75) is 32.6 Å². The molecule has 3 N–H and O–H groups in total. The van der Waals surface area contributed by atoms with Crippen LogP contribution in [0.4, 0.5) is 22.0 Å². The molecule has 0 bridgehead atoms. The minimum atomic E-state index is -0.381. The van der Waals surface area contributed by atoms with Crippen LogP contribution in [0.2, 0.25) is 5.02 Å². The molecule has 2 heterocycles. The Hall–Kier alpha value is -2.80. The quantitative estimate of drug-likeness (QED) is 0.660. The van der Waals surface area contributed by atoms with Crippen LogP contribution in [0.3, 0.4) is 0 Å². The van der Waals surface area contributed by atoms with E-state index in [-0.39, 0.29) is 24.9 Å². The van der Waals surface area contributed by atoms with Crippen LogP contribution in [-0.4, -0.2) is 36.6 Å². The van der Waals surface area contributed by atoms with Crippen LogP contribution in [0.5, 0.6) is 0 Å². The Balaban J connectivity index is 1.42. The van der Waals surface area contributed by atoms with Gasteiger partial charge in [0.15, 0.2) is 0 Å². The lowest BCUT2D eigenvalue weighted by Crippen LogP contribution is -2.32. The molecule has 3 amide bonds. The second-order valence-corrected chi connectivity index (χ2v) is 7.52. The van der Waals surface area contributed by atoms with Gasteiger partial charge in [0.1, 0.15) is 5.82 Å². The van der Waals surface area contributed by atoms with E-state index in [1.54, 1.807) is 18.3 Å². The highest BCUT2D eigenvalue weighted by Gasteiger charge is 2.14. The van der Waals surface area contributed by atoms with Gasteiger partial charge in [-0.15, -0.1) is 0 Å². The first-order chi connectivity index (χ1) is 14.0. The molecule has 29 heavy (non-hydrogen) atoms. The summed E-state index contributed by atoms with van der Waals surface area (Å²) in [7, 11) is 0. The van der Waals surface area contributed by atoms with Gasteiger partial charge < -0.3 is 20.9 Å². The zero-order valence-corrected chi connectivity index (χ0v) is 17.3. The summed E-state index contributed by atoms with van der Waals surface area (Å²) < 4.78 is 0. The third-order valence-electron chi connectivity index (χ3n) is 4.72. The Labute approximate surface area is 175 Å². The smallest absolute Gasteiger partial charge is 0.319 e. The number of nitrogens with one attached hydrogen (secondary N) is 3. The summed E-state index contributed by atoms with van der Waals surface area (Å²) in [5, 5.41) is 8.73. The lowest BCUT2D eigenvalue weighted by molar-refractivity contribution is -0.116. The Morgan fingerprint density at radius 2 is 1.90 bits per heavy atom. The van der Waals surface area contributed by atoms with Crippen molar-refractivity contribution in [3.8, 4) is 0 Å². The van der Waals surface area contributed by atoms with Crippen LogP contribution in [0.25, 0.3) is 0 Å². The Morgan fingerprint density at radius 1 is 1.10 bits per heavy atom. The zero-order valence-electron chi connectivity index (χ0n) is 16.5. The Morgan fingerprint density at radius 3 is 2.59 bits per heavy atom. The van der Waals surface area contributed by atoms with E-state index in [9.17, 15) is 9.59 Å². The highest BCUT2D eigenvalue weighted by molar-refractivity contribution is 6.33. The fourth-order valence-electron chi connectivity index (χ4n) is 3.19. The first-order valence-electron chi connectivity index (χ1n) is 9.83. The molecule has 0 atom stereocenters. The molecule has 1 aromatic carbocycles. The second-order valence-electron chi connectivity index (χ2n) is 7.11. The summed E-state index contributed by atoms with van der Waals surface area (Å²) in [5.41, 5.74) is 2.63. The molecule has 1 aromatic heterocycles. The average Bonchev–Trinajstić information content (AvgIpc) is 2.70. The van der Waals surface area contributed by atoms with Crippen molar-refractivity contribution in [3.05, 3.63) is 47.1 Å². The van der Waals surface area contributed by atoms with E-state index in [2.05, 4.69) is 25.8 Å². The first-order valence-corrected chi connectivity index (χ1v) is 10.2. The van der Waals surface area contributed by atoms with E-state index in [4.69, 9.17) is 11.6 Å². The molecule has 7 nitrogen and oxygen atoms in total. The summed E-state index contributed by atoms with van der Waals surface area (Å²) >= 11 is 6.41. The highest BCUT2D eigenvalue weighted by atomic mass is 35.5. The molecule has 3 rings (SSSR count). The van der Waals surface area contributed by atoms with E-state index in [0.29, 0.717) is 16.5 Å². The monoisotopic (exact) mass is 415 g/mol. The van der Waals surface area contributed by atoms with Crippen LogP contribution in [0.15, 0.2) is 36.5 Å². The van der Waals surface area contributed by atoms with Crippen molar-refractivity contribution < 1.29 is 9.59 Å². The van der Waals surface area contributed by atoms with Crippen LogP contribution in [-0.2, 0) is 4.79 Å². The number of pyridine rings is 1. The number of aryl methyl sites for hydroxylation is 1. The summed E-state index contributed by atoms with van der Waals surface area (Å²) in [6.07, 6.45) is 5.44. The van der Waals surface area contributed by atoms with Crippen molar-refractivity contribution in [2.24, 2.45) is 0 Å². The van der Waals surface area contributed by atoms with E-state index in [1.807, 2.05) is 25.1 Å². The third kappa shape index (κ3) is 6.35. The maximum absolute atomic E-state index is 12.1. The molecule has 1 fully saturated rings. The van der Waals surface area contributed by atoms with Crippen LogP contribution >= 0.6 is 11.6 Å². The average molecular weight is 416 g/mol. The summed E-state index contributed by atoms with van der Waals surface area (Å²) in [6, 6.07) is 8.76. The molecule has 1 saturated heterocycles. The van der Waals surface area contributed by atoms with Gasteiger partial charge in [0.25, 0.3) is 0 Å².